The number of nitrogens with one attached hydrogen (secondary N) is 2. The van der Waals surface area contributed by atoms with Crippen molar-refractivity contribution >= 4 is 39.1 Å². The van der Waals surface area contributed by atoms with Crippen LogP contribution in [-0.2, 0) is 10.0 Å². The summed E-state index contributed by atoms with van der Waals surface area (Å²) in [5.41, 5.74) is 0.965. The van der Waals surface area contributed by atoms with E-state index in [4.69, 9.17) is 23.2 Å². The van der Waals surface area contributed by atoms with Gasteiger partial charge in [0.2, 0.25) is 10.0 Å². The van der Waals surface area contributed by atoms with Gasteiger partial charge in [-0.3, -0.25) is 4.79 Å². The molecule has 0 saturated carbocycles. The van der Waals surface area contributed by atoms with Gasteiger partial charge in [0.15, 0.2) is 0 Å². The van der Waals surface area contributed by atoms with Crippen LogP contribution < -0.4 is 10.0 Å². The summed E-state index contributed by atoms with van der Waals surface area (Å²) in [7, 11) is -3.62. The Morgan fingerprint density at radius 1 is 1.16 bits per heavy atom. The fraction of sp³-hybridized carbons (Fsp3) is 0.235. The lowest BCUT2D eigenvalue weighted by Crippen LogP contribution is -2.27. The molecule has 1 amide bonds. The molecule has 2 rings (SSSR count). The molecule has 0 aliphatic heterocycles. The monoisotopic (exact) mass is 400 g/mol. The highest BCUT2D eigenvalue weighted by atomic mass is 35.5. The number of halogens is 2. The van der Waals surface area contributed by atoms with E-state index in [0.29, 0.717) is 10.0 Å². The molecule has 0 aliphatic rings. The van der Waals surface area contributed by atoms with Crippen molar-refractivity contribution in [1.29, 1.82) is 0 Å². The van der Waals surface area contributed by atoms with Crippen molar-refractivity contribution in [3.05, 3.63) is 63.6 Å². The van der Waals surface area contributed by atoms with Crippen LogP contribution >= 0.6 is 23.2 Å². The summed E-state index contributed by atoms with van der Waals surface area (Å²) in [5.74, 6) is -0.396. The molecule has 0 radical (unpaired) electrons. The van der Waals surface area contributed by atoms with Crippen LogP contribution in [0.15, 0.2) is 47.4 Å². The number of rotatable bonds is 6. The van der Waals surface area contributed by atoms with Crippen LogP contribution in [0.5, 0.6) is 0 Å². The van der Waals surface area contributed by atoms with E-state index in [-0.39, 0.29) is 23.0 Å². The molecule has 134 valence electrons. The molecule has 0 aromatic heterocycles. The number of hydrogen-bond acceptors (Lipinski definition) is 3. The largest absolute Gasteiger partial charge is 0.345 e. The van der Waals surface area contributed by atoms with Crippen molar-refractivity contribution in [1.82, 2.24) is 10.0 Å². The molecular weight excluding hydrogens is 383 g/mol. The molecule has 2 aromatic rings. The maximum Gasteiger partial charge on any atom is 0.251 e. The number of amides is 1. The Bertz CT molecular complexity index is 885. The van der Waals surface area contributed by atoms with Gasteiger partial charge in [-0.15, -0.1) is 0 Å². The number of hydrogen-bond donors (Lipinski definition) is 2. The van der Waals surface area contributed by atoms with Gasteiger partial charge in [-0.25, -0.2) is 13.1 Å². The summed E-state index contributed by atoms with van der Waals surface area (Å²) in [6, 6.07) is 10.5. The third-order valence-electron chi connectivity index (χ3n) is 3.52. The number of carbonyl (C=O) groups is 1. The lowest BCUT2D eigenvalue weighted by molar-refractivity contribution is 0.0939. The number of sulfonamides is 1. The van der Waals surface area contributed by atoms with Gasteiger partial charge < -0.3 is 5.32 Å². The smallest absolute Gasteiger partial charge is 0.251 e. The lowest BCUT2D eigenvalue weighted by Gasteiger charge is -2.16. The summed E-state index contributed by atoms with van der Waals surface area (Å²) in [6.07, 6.45) is 0. The summed E-state index contributed by atoms with van der Waals surface area (Å²) in [6.45, 7) is 3.74. The quantitative estimate of drug-likeness (QED) is 0.774. The number of benzene rings is 2. The van der Waals surface area contributed by atoms with E-state index in [2.05, 4.69) is 10.0 Å². The Hall–Kier alpha value is -1.60. The standard InChI is InChI=1S/C17H18Cl2N2O3S/c1-3-20-25(23,24)14-6-4-5-12(9-14)17(22)21-11(2)15-8-7-13(18)10-16(15)19/h4-11,20H,3H2,1-2H3,(H,21,22). The topological polar surface area (TPSA) is 75.3 Å². The Labute approximate surface area is 157 Å². The second kappa shape index (κ2) is 8.19. The Kier molecular flexibility index (Phi) is 6.46. The average Bonchev–Trinajstić information content (AvgIpc) is 2.54. The summed E-state index contributed by atoms with van der Waals surface area (Å²) in [4.78, 5) is 12.5. The van der Waals surface area contributed by atoms with E-state index in [9.17, 15) is 13.2 Å². The summed E-state index contributed by atoms with van der Waals surface area (Å²) >= 11 is 12.0. The van der Waals surface area contributed by atoms with Crippen LogP contribution in [0.3, 0.4) is 0 Å². The minimum Gasteiger partial charge on any atom is -0.345 e. The second-order valence-corrected chi connectivity index (χ2v) is 8.00. The zero-order valence-corrected chi connectivity index (χ0v) is 16.0. The molecule has 0 fully saturated rings. The van der Waals surface area contributed by atoms with Crippen molar-refractivity contribution in [3.63, 3.8) is 0 Å². The first-order valence-electron chi connectivity index (χ1n) is 7.60. The third-order valence-corrected chi connectivity index (χ3v) is 5.62. The highest BCUT2D eigenvalue weighted by Crippen LogP contribution is 2.26. The zero-order chi connectivity index (χ0) is 18.6. The first kappa shape index (κ1) is 19.7. The first-order valence-corrected chi connectivity index (χ1v) is 9.84. The van der Waals surface area contributed by atoms with E-state index >= 15 is 0 Å². The average molecular weight is 401 g/mol. The molecule has 0 heterocycles. The van der Waals surface area contributed by atoms with Gasteiger partial charge in [-0.2, -0.15) is 0 Å². The van der Waals surface area contributed by atoms with Crippen molar-refractivity contribution in [2.45, 2.75) is 24.8 Å². The summed E-state index contributed by atoms with van der Waals surface area (Å²) in [5, 5.41) is 3.76. The summed E-state index contributed by atoms with van der Waals surface area (Å²) < 4.78 is 26.5. The maximum absolute atomic E-state index is 12.4. The van der Waals surface area contributed by atoms with Gasteiger partial charge in [0.25, 0.3) is 5.91 Å². The molecule has 8 heteroatoms. The van der Waals surface area contributed by atoms with Crippen molar-refractivity contribution < 1.29 is 13.2 Å². The van der Waals surface area contributed by atoms with Gasteiger partial charge in [0, 0.05) is 22.2 Å². The predicted octanol–water partition coefficient (Wildman–Crippen LogP) is 3.78. The van der Waals surface area contributed by atoms with E-state index in [1.54, 1.807) is 38.1 Å². The first-order chi connectivity index (χ1) is 11.7. The fourth-order valence-corrected chi connectivity index (χ4v) is 3.95. The number of carbonyl (C=O) groups excluding carboxylic acids is 1. The van der Waals surface area contributed by atoms with Gasteiger partial charge in [0.1, 0.15) is 0 Å². The molecule has 0 spiro atoms. The minimum atomic E-state index is -3.62. The minimum absolute atomic E-state index is 0.0409. The molecule has 25 heavy (non-hydrogen) atoms. The van der Waals surface area contributed by atoms with Gasteiger partial charge >= 0.3 is 0 Å². The van der Waals surface area contributed by atoms with Crippen LogP contribution in [0.1, 0.15) is 35.8 Å². The van der Waals surface area contributed by atoms with Crippen LogP contribution in [0, 0.1) is 0 Å². The molecule has 5 nitrogen and oxygen atoms in total. The van der Waals surface area contributed by atoms with Crippen molar-refractivity contribution in [2.24, 2.45) is 0 Å². The van der Waals surface area contributed by atoms with Gasteiger partial charge in [-0.05, 0) is 42.8 Å². The maximum atomic E-state index is 12.4. The predicted molar refractivity (Wildman–Crippen MR) is 99.6 cm³/mol. The Morgan fingerprint density at radius 3 is 2.52 bits per heavy atom. The molecule has 2 aromatic carbocycles. The van der Waals surface area contributed by atoms with E-state index in [1.165, 1.54) is 18.2 Å². The van der Waals surface area contributed by atoms with E-state index in [1.807, 2.05) is 0 Å². The molecule has 2 N–H and O–H groups in total. The Morgan fingerprint density at radius 2 is 1.88 bits per heavy atom. The molecule has 1 unspecified atom stereocenters. The normalized spacial score (nSPS) is 12.6. The van der Waals surface area contributed by atoms with E-state index < -0.39 is 15.9 Å². The highest BCUT2D eigenvalue weighted by molar-refractivity contribution is 7.89. The van der Waals surface area contributed by atoms with Crippen molar-refractivity contribution in [2.75, 3.05) is 6.54 Å². The van der Waals surface area contributed by atoms with Gasteiger partial charge in [0.05, 0.1) is 10.9 Å². The highest BCUT2D eigenvalue weighted by Gasteiger charge is 2.17. The SMILES string of the molecule is CCNS(=O)(=O)c1cccc(C(=O)NC(C)c2ccc(Cl)cc2Cl)c1. The molecule has 0 bridgehead atoms. The molecule has 0 aliphatic carbocycles. The Balaban J connectivity index is 2.21. The zero-order valence-electron chi connectivity index (χ0n) is 13.7. The van der Waals surface area contributed by atoms with Gasteiger partial charge in [-0.1, -0.05) is 42.3 Å². The van der Waals surface area contributed by atoms with Crippen LogP contribution in [0.25, 0.3) is 0 Å². The fourth-order valence-electron chi connectivity index (χ4n) is 2.29. The molecular formula is C17H18Cl2N2O3S. The van der Waals surface area contributed by atoms with Crippen LogP contribution in [0.2, 0.25) is 10.0 Å². The van der Waals surface area contributed by atoms with Crippen LogP contribution in [-0.4, -0.2) is 20.9 Å². The van der Waals surface area contributed by atoms with Crippen LogP contribution in [0.4, 0.5) is 0 Å². The molecule has 1 atom stereocenters. The lowest BCUT2D eigenvalue weighted by atomic mass is 10.1. The third kappa shape index (κ3) is 4.95. The van der Waals surface area contributed by atoms with Crippen molar-refractivity contribution in [3.8, 4) is 0 Å². The molecule has 0 saturated heterocycles. The van der Waals surface area contributed by atoms with E-state index in [0.717, 1.165) is 5.56 Å². The second-order valence-electron chi connectivity index (χ2n) is 5.39.